The molecule has 0 N–H and O–H groups in total. The van der Waals surface area contributed by atoms with Crippen molar-refractivity contribution in [1.29, 1.82) is 0 Å². The maximum Gasteiger partial charge on any atom is 0.436 e. The smallest absolute Gasteiger partial charge is 0.356 e. The predicted molar refractivity (Wildman–Crippen MR) is 46.9 cm³/mol. The Morgan fingerprint density at radius 2 is 1.76 bits per heavy atom. The van der Waals surface area contributed by atoms with Gasteiger partial charge in [-0.05, 0) is 18.2 Å². The fraction of sp³-hybridized carbons (Fsp3) is 0.100. The zero-order valence-corrected chi connectivity index (χ0v) is 8.05. The molecule has 1 heterocycles. The van der Waals surface area contributed by atoms with Crippen LogP contribution in [0.4, 0.5) is 22.0 Å². The van der Waals surface area contributed by atoms with Crippen molar-refractivity contribution in [2.75, 3.05) is 0 Å². The quantitative estimate of drug-likeness (QED) is 0.721. The predicted octanol–water partition coefficient (Wildman–Crippen LogP) is 3.64. The molecule has 2 aromatic rings. The first-order valence-electron chi connectivity index (χ1n) is 4.37. The van der Waals surface area contributed by atoms with Gasteiger partial charge in [-0.1, -0.05) is 5.16 Å². The fourth-order valence-electron chi connectivity index (χ4n) is 1.22. The van der Waals surface area contributed by atoms with E-state index in [-0.39, 0.29) is 0 Å². The van der Waals surface area contributed by atoms with Gasteiger partial charge in [-0.3, -0.25) is 0 Å². The summed E-state index contributed by atoms with van der Waals surface area (Å²) in [6.07, 6.45) is -4.69. The first kappa shape index (κ1) is 11.6. The van der Waals surface area contributed by atoms with Gasteiger partial charge < -0.3 is 4.52 Å². The summed E-state index contributed by atoms with van der Waals surface area (Å²) in [6, 6.07) is 2.88. The maximum atomic E-state index is 13.2. The van der Waals surface area contributed by atoms with Gasteiger partial charge in [-0.25, -0.2) is 8.78 Å². The second-order valence-corrected chi connectivity index (χ2v) is 3.20. The van der Waals surface area contributed by atoms with E-state index in [2.05, 4.69) is 9.68 Å². The number of alkyl halides is 3. The van der Waals surface area contributed by atoms with E-state index in [4.69, 9.17) is 0 Å². The minimum atomic E-state index is -4.69. The molecule has 0 aliphatic heterocycles. The highest BCUT2D eigenvalue weighted by Gasteiger charge is 2.35. The van der Waals surface area contributed by atoms with Gasteiger partial charge in [-0.15, -0.1) is 0 Å². The van der Waals surface area contributed by atoms with Crippen molar-refractivity contribution in [1.82, 2.24) is 5.16 Å². The zero-order chi connectivity index (χ0) is 12.6. The minimum Gasteiger partial charge on any atom is -0.356 e. The number of rotatable bonds is 1. The van der Waals surface area contributed by atoms with Gasteiger partial charge in [0.15, 0.2) is 11.5 Å². The van der Waals surface area contributed by atoms with Crippen LogP contribution >= 0.6 is 0 Å². The molecule has 0 saturated carbocycles. The van der Waals surface area contributed by atoms with Crippen LogP contribution in [0.1, 0.15) is 5.69 Å². The van der Waals surface area contributed by atoms with Crippen molar-refractivity contribution in [3.05, 3.63) is 41.6 Å². The van der Waals surface area contributed by atoms with Gasteiger partial charge in [0.25, 0.3) is 0 Å². The molecule has 0 bridgehead atoms. The van der Waals surface area contributed by atoms with Crippen molar-refractivity contribution in [3.63, 3.8) is 0 Å². The summed E-state index contributed by atoms with van der Waals surface area (Å²) in [6.45, 7) is 0. The monoisotopic (exact) mass is 249 g/mol. The molecular weight excluding hydrogens is 245 g/mol. The van der Waals surface area contributed by atoms with Crippen LogP contribution in [-0.4, -0.2) is 5.16 Å². The van der Waals surface area contributed by atoms with Gasteiger partial charge in [0, 0.05) is 6.07 Å². The van der Waals surface area contributed by atoms with Gasteiger partial charge in [0.05, 0.1) is 5.56 Å². The van der Waals surface area contributed by atoms with Crippen LogP contribution in [0.2, 0.25) is 0 Å². The lowest BCUT2D eigenvalue weighted by Crippen LogP contribution is -2.04. The summed E-state index contributed by atoms with van der Waals surface area (Å²) in [7, 11) is 0. The zero-order valence-electron chi connectivity index (χ0n) is 8.05. The molecule has 0 aliphatic carbocycles. The number of hydrogen-bond acceptors (Lipinski definition) is 2. The Hall–Kier alpha value is -1.92. The number of hydrogen-bond donors (Lipinski definition) is 0. The summed E-state index contributed by atoms with van der Waals surface area (Å²) >= 11 is 0. The molecule has 1 aromatic carbocycles. The topological polar surface area (TPSA) is 26.0 Å². The molecule has 1 aromatic heterocycles. The Bertz CT molecular complexity index is 546. The molecule has 0 unspecified atom stereocenters. The molecule has 0 atom stereocenters. The second-order valence-electron chi connectivity index (χ2n) is 3.20. The first-order chi connectivity index (χ1) is 7.88. The van der Waals surface area contributed by atoms with Crippen LogP contribution in [0.3, 0.4) is 0 Å². The highest BCUT2D eigenvalue weighted by atomic mass is 19.4. The Morgan fingerprint density at radius 1 is 1.06 bits per heavy atom. The molecule has 90 valence electrons. The Kier molecular flexibility index (Phi) is 2.60. The average molecular weight is 249 g/mol. The second kappa shape index (κ2) is 3.83. The van der Waals surface area contributed by atoms with E-state index in [0.717, 1.165) is 18.2 Å². The lowest BCUT2D eigenvalue weighted by molar-refractivity contribution is -0.142. The third kappa shape index (κ3) is 2.27. The van der Waals surface area contributed by atoms with E-state index in [1.165, 1.54) is 0 Å². The van der Waals surface area contributed by atoms with Crippen LogP contribution in [0.5, 0.6) is 0 Å². The van der Waals surface area contributed by atoms with Crippen molar-refractivity contribution < 1.29 is 26.5 Å². The highest BCUT2D eigenvalue weighted by Crippen LogP contribution is 2.32. The number of nitrogens with zero attached hydrogens (tertiary/aromatic N) is 1. The number of aromatic nitrogens is 1. The SMILES string of the molecule is Fc1ccc(F)c(-c2cc(C(F)(F)F)no2)c1. The van der Waals surface area contributed by atoms with Crippen molar-refractivity contribution in [3.8, 4) is 11.3 Å². The Morgan fingerprint density at radius 3 is 2.35 bits per heavy atom. The van der Waals surface area contributed by atoms with Gasteiger partial charge >= 0.3 is 6.18 Å². The highest BCUT2D eigenvalue weighted by molar-refractivity contribution is 5.58. The molecule has 0 saturated heterocycles. The van der Waals surface area contributed by atoms with Crippen LogP contribution in [0.15, 0.2) is 28.8 Å². The molecule has 7 heteroatoms. The van der Waals surface area contributed by atoms with E-state index >= 15 is 0 Å². The van der Waals surface area contributed by atoms with E-state index in [1.807, 2.05) is 0 Å². The van der Waals surface area contributed by atoms with E-state index in [9.17, 15) is 22.0 Å². The molecule has 0 fully saturated rings. The van der Waals surface area contributed by atoms with Crippen LogP contribution in [0.25, 0.3) is 11.3 Å². The van der Waals surface area contributed by atoms with Crippen LogP contribution in [0, 0.1) is 11.6 Å². The Labute approximate surface area is 91.6 Å². The van der Waals surface area contributed by atoms with E-state index in [0.29, 0.717) is 6.07 Å². The van der Waals surface area contributed by atoms with Gasteiger partial charge in [0.1, 0.15) is 11.6 Å². The summed E-state index contributed by atoms with van der Waals surface area (Å²) in [5, 5.41) is 2.75. The number of benzene rings is 1. The lowest BCUT2D eigenvalue weighted by atomic mass is 10.1. The average Bonchev–Trinajstić information content (AvgIpc) is 2.70. The third-order valence-corrected chi connectivity index (χ3v) is 1.99. The molecule has 0 aliphatic rings. The largest absolute Gasteiger partial charge is 0.436 e. The fourth-order valence-corrected chi connectivity index (χ4v) is 1.22. The molecule has 2 rings (SSSR count). The summed E-state index contributed by atoms with van der Waals surface area (Å²) < 4.78 is 67.0. The van der Waals surface area contributed by atoms with E-state index < -0.39 is 34.8 Å². The Balaban J connectivity index is 2.47. The third-order valence-electron chi connectivity index (χ3n) is 1.99. The molecule has 0 amide bonds. The summed E-state index contributed by atoms with van der Waals surface area (Å²) in [4.78, 5) is 0. The lowest BCUT2D eigenvalue weighted by Gasteiger charge is -1.98. The normalized spacial score (nSPS) is 11.8. The summed E-state index contributed by atoms with van der Waals surface area (Å²) in [5.74, 6) is -2.16. The molecule has 17 heavy (non-hydrogen) atoms. The molecular formula is C10H4F5NO. The van der Waals surface area contributed by atoms with Gasteiger partial charge in [0.2, 0.25) is 0 Å². The van der Waals surface area contributed by atoms with Crippen molar-refractivity contribution in [2.45, 2.75) is 6.18 Å². The maximum absolute atomic E-state index is 13.2. The molecule has 2 nitrogen and oxygen atoms in total. The van der Waals surface area contributed by atoms with Crippen molar-refractivity contribution in [2.24, 2.45) is 0 Å². The van der Waals surface area contributed by atoms with E-state index in [1.54, 1.807) is 0 Å². The van der Waals surface area contributed by atoms with Crippen molar-refractivity contribution >= 4 is 0 Å². The number of halogens is 5. The molecule has 0 spiro atoms. The van der Waals surface area contributed by atoms with Crippen LogP contribution in [-0.2, 0) is 6.18 Å². The first-order valence-corrected chi connectivity index (χ1v) is 4.37. The van der Waals surface area contributed by atoms with Gasteiger partial charge in [-0.2, -0.15) is 13.2 Å². The molecule has 0 radical (unpaired) electrons. The minimum absolute atomic E-state index is 0.409. The summed E-state index contributed by atoms with van der Waals surface area (Å²) in [5.41, 5.74) is -1.70. The standard InChI is InChI=1S/C10H4F5NO/c11-5-1-2-7(12)6(3-5)8-4-9(16-17-8)10(13,14)15/h1-4H. The van der Waals surface area contributed by atoms with Crippen LogP contribution < -0.4 is 0 Å².